The first-order valence-corrected chi connectivity index (χ1v) is 7.78. The number of fused-ring (bicyclic) bond motifs is 1. The molecule has 1 atom stereocenters. The standard InChI is InChI=1S/C17H16BrFO/c18-16(10-12-3-1-5-15(19)9-12)13-6-7-17-14(11-13)4-2-8-20-17/h1,3,5-7,9,11,16H,2,4,8,10H2. The lowest BCUT2D eigenvalue weighted by atomic mass is 9.99. The molecule has 1 heterocycles. The van der Waals surface area contributed by atoms with Crippen LogP contribution < -0.4 is 4.74 Å². The molecule has 2 aromatic rings. The van der Waals surface area contributed by atoms with Crippen LogP contribution in [-0.4, -0.2) is 6.61 Å². The predicted octanol–water partition coefficient (Wildman–Crippen LogP) is 4.83. The number of ether oxygens (including phenoxy) is 1. The maximum atomic E-state index is 13.2. The Balaban J connectivity index is 1.78. The van der Waals surface area contributed by atoms with E-state index < -0.39 is 0 Å². The summed E-state index contributed by atoms with van der Waals surface area (Å²) in [5.74, 6) is 0.825. The van der Waals surface area contributed by atoms with Crippen molar-refractivity contribution in [3.05, 3.63) is 65.0 Å². The van der Waals surface area contributed by atoms with E-state index >= 15 is 0 Å². The fourth-order valence-electron chi connectivity index (χ4n) is 2.56. The van der Waals surface area contributed by atoms with E-state index in [1.807, 2.05) is 12.1 Å². The zero-order valence-corrected chi connectivity index (χ0v) is 12.7. The number of hydrogen-bond donors (Lipinski definition) is 0. The third-order valence-corrected chi connectivity index (χ3v) is 4.45. The van der Waals surface area contributed by atoms with E-state index in [2.05, 4.69) is 28.1 Å². The molecule has 0 saturated carbocycles. The summed E-state index contributed by atoms with van der Waals surface area (Å²) >= 11 is 3.71. The lowest BCUT2D eigenvalue weighted by Crippen LogP contribution is -2.09. The number of hydrogen-bond acceptors (Lipinski definition) is 1. The van der Waals surface area contributed by atoms with Crippen molar-refractivity contribution < 1.29 is 9.13 Å². The first-order valence-electron chi connectivity index (χ1n) is 6.86. The van der Waals surface area contributed by atoms with Gasteiger partial charge in [0.15, 0.2) is 0 Å². The van der Waals surface area contributed by atoms with Gasteiger partial charge in [-0.05, 0) is 54.2 Å². The maximum Gasteiger partial charge on any atom is 0.123 e. The molecule has 3 rings (SSSR count). The topological polar surface area (TPSA) is 9.23 Å². The second-order valence-electron chi connectivity index (χ2n) is 5.12. The predicted molar refractivity (Wildman–Crippen MR) is 82.0 cm³/mol. The van der Waals surface area contributed by atoms with E-state index in [0.717, 1.165) is 37.2 Å². The third kappa shape index (κ3) is 3.04. The molecule has 0 aliphatic carbocycles. The molecule has 0 saturated heterocycles. The summed E-state index contributed by atoms with van der Waals surface area (Å²) < 4.78 is 18.8. The Kier molecular flexibility index (Phi) is 4.06. The number of aryl methyl sites for hydroxylation is 1. The summed E-state index contributed by atoms with van der Waals surface area (Å²) in [5, 5.41) is 0. The molecule has 0 bridgehead atoms. The molecule has 104 valence electrons. The van der Waals surface area contributed by atoms with Crippen molar-refractivity contribution >= 4 is 15.9 Å². The Morgan fingerprint density at radius 3 is 2.95 bits per heavy atom. The average Bonchev–Trinajstić information content (AvgIpc) is 2.47. The molecule has 20 heavy (non-hydrogen) atoms. The number of halogens is 2. The van der Waals surface area contributed by atoms with Gasteiger partial charge in [0, 0.05) is 4.83 Å². The van der Waals surface area contributed by atoms with E-state index in [9.17, 15) is 4.39 Å². The molecule has 1 aliphatic rings. The van der Waals surface area contributed by atoms with E-state index in [4.69, 9.17) is 4.74 Å². The van der Waals surface area contributed by atoms with Crippen molar-refractivity contribution in [2.75, 3.05) is 6.61 Å². The summed E-state index contributed by atoms with van der Waals surface area (Å²) in [4.78, 5) is 0.191. The summed E-state index contributed by atoms with van der Waals surface area (Å²) in [6.45, 7) is 0.813. The first-order chi connectivity index (χ1) is 9.72. The molecule has 0 aromatic heterocycles. The molecule has 1 nitrogen and oxygen atoms in total. The quantitative estimate of drug-likeness (QED) is 0.730. The highest BCUT2D eigenvalue weighted by atomic mass is 79.9. The maximum absolute atomic E-state index is 13.2. The van der Waals surface area contributed by atoms with Crippen LogP contribution in [0.25, 0.3) is 0 Å². The SMILES string of the molecule is Fc1cccc(CC(Br)c2ccc3c(c2)CCCO3)c1. The zero-order chi connectivity index (χ0) is 13.9. The molecule has 1 aliphatic heterocycles. The summed E-state index contributed by atoms with van der Waals surface area (Å²) in [6.07, 6.45) is 2.92. The molecule has 1 unspecified atom stereocenters. The monoisotopic (exact) mass is 334 g/mol. The van der Waals surface area contributed by atoms with Crippen molar-refractivity contribution in [1.82, 2.24) is 0 Å². The van der Waals surface area contributed by atoms with E-state index in [0.29, 0.717) is 0 Å². The lowest BCUT2D eigenvalue weighted by Gasteiger charge is -2.19. The van der Waals surface area contributed by atoms with Gasteiger partial charge in [0.1, 0.15) is 11.6 Å². The first kappa shape index (κ1) is 13.6. The van der Waals surface area contributed by atoms with Crippen LogP contribution in [0.5, 0.6) is 5.75 Å². The molecular formula is C17H16BrFO. The van der Waals surface area contributed by atoms with Gasteiger partial charge in [0.2, 0.25) is 0 Å². The molecular weight excluding hydrogens is 319 g/mol. The molecule has 0 fully saturated rings. The highest BCUT2D eigenvalue weighted by molar-refractivity contribution is 9.09. The Morgan fingerprint density at radius 1 is 1.20 bits per heavy atom. The van der Waals surface area contributed by atoms with Crippen LogP contribution in [-0.2, 0) is 12.8 Å². The van der Waals surface area contributed by atoms with E-state index in [-0.39, 0.29) is 10.6 Å². The summed E-state index contributed by atoms with van der Waals surface area (Å²) in [6, 6.07) is 13.1. The van der Waals surface area contributed by atoms with Crippen LogP contribution in [0.15, 0.2) is 42.5 Å². The minimum absolute atomic E-state index is 0.180. The van der Waals surface area contributed by atoms with Crippen LogP contribution in [0.2, 0.25) is 0 Å². The van der Waals surface area contributed by atoms with Gasteiger partial charge in [-0.15, -0.1) is 0 Å². The van der Waals surface area contributed by atoms with Gasteiger partial charge in [0.05, 0.1) is 6.61 Å². The molecule has 0 N–H and O–H groups in total. The highest BCUT2D eigenvalue weighted by Gasteiger charge is 2.14. The average molecular weight is 335 g/mol. The van der Waals surface area contributed by atoms with Crippen LogP contribution in [0.1, 0.15) is 27.9 Å². The van der Waals surface area contributed by atoms with Crippen LogP contribution in [0.4, 0.5) is 4.39 Å². The second-order valence-corrected chi connectivity index (χ2v) is 6.23. The molecule has 0 amide bonds. The molecule has 0 radical (unpaired) electrons. The summed E-state index contributed by atoms with van der Waals surface area (Å²) in [7, 11) is 0. The Labute approximate surface area is 126 Å². The second kappa shape index (κ2) is 5.96. The number of benzene rings is 2. The number of rotatable bonds is 3. The van der Waals surface area contributed by atoms with Crippen LogP contribution in [0.3, 0.4) is 0 Å². The number of alkyl halides is 1. The third-order valence-electron chi connectivity index (χ3n) is 3.60. The molecule has 3 heteroatoms. The normalized spacial score (nSPS) is 15.3. The van der Waals surface area contributed by atoms with E-state index in [1.165, 1.54) is 17.2 Å². The van der Waals surface area contributed by atoms with Gasteiger partial charge >= 0.3 is 0 Å². The smallest absolute Gasteiger partial charge is 0.123 e. The van der Waals surface area contributed by atoms with Gasteiger partial charge in [-0.3, -0.25) is 0 Å². The van der Waals surface area contributed by atoms with Crippen molar-refractivity contribution in [1.29, 1.82) is 0 Å². The minimum Gasteiger partial charge on any atom is -0.493 e. The largest absolute Gasteiger partial charge is 0.493 e. The summed E-state index contributed by atoms with van der Waals surface area (Å²) in [5.41, 5.74) is 3.50. The fraction of sp³-hybridized carbons (Fsp3) is 0.294. The van der Waals surface area contributed by atoms with Gasteiger partial charge < -0.3 is 4.74 Å². The van der Waals surface area contributed by atoms with Gasteiger partial charge in [-0.2, -0.15) is 0 Å². The van der Waals surface area contributed by atoms with E-state index in [1.54, 1.807) is 12.1 Å². The highest BCUT2D eigenvalue weighted by Crippen LogP contribution is 2.32. The zero-order valence-electron chi connectivity index (χ0n) is 11.1. The Bertz CT molecular complexity index is 612. The van der Waals surface area contributed by atoms with Gasteiger partial charge in [0.25, 0.3) is 0 Å². The lowest BCUT2D eigenvalue weighted by molar-refractivity contribution is 0.288. The van der Waals surface area contributed by atoms with Gasteiger partial charge in [-0.1, -0.05) is 40.2 Å². The van der Waals surface area contributed by atoms with Crippen molar-refractivity contribution in [3.8, 4) is 5.75 Å². The van der Waals surface area contributed by atoms with Crippen molar-refractivity contribution in [2.24, 2.45) is 0 Å². The molecule has 0 spiro atoms. The van der Waals surface area contributed by atoms with Crippen LogP contribution in [0, 0.1) is 5.82 Å². The van der Waals surface area contributed by atoms with Crippen LogP contribution >= 0.6 is 15.9 Å². The van der Waals surface area contributed by atoms with Crippen molar-refractivity contribution in [3.63, 3.8) is 0 Å². The fourth-order valence-corrected chi connectivity index (χ4v) is 3.22. The Hall–Kier alpha value is -1.35. The van der Waals surface area contributed by atoms with Gasteiger partial charge in [-0.25, -0.2) is 4.39 Å². The Morgan fingerprint density at radius 2 is 2.10 bits per heavy atom. The minimum atomic E-state index is -0.180. The molecule has 2 aromatic carbocycles. The van der Waals surface area contributed by atoms with Crippen molar-refractivity contribution in [2.45, 2.75) is 24.1 Å².